The van der Waals surface area contributed by atoms with Crippen molar-refractivity contribution < 1.29 is 13.2 Å². The Morgan fingerprint density at radius 2 is 1.72 bits per heavy atom. The zero-order valence-electron chi connectivity index (χ0n) is 14.2. The van der Waals surface area contributed by atoms with Crippen molar-refractivity contribution in [2.45, 2.75) is 37.1 Å². The first-order valence-electron chi connectivity index (χ1n) is 8.43. The molecule has 2 aromatic carbocycles. The number of aryl methyl sites for hydroxylation is 1. The second-order valence-electron chi connectivity index (χ2n) is 6.30. The van der Waals surface area contributed by atoms with Crippen LogP contribution in [0.2, 0.25) is 0 Å². The van der Waals surface area contributed by atoms with Crippen molar-refractivity contribution in [2.24, 2.45) is 0 Å². The molecule has 5 nitrogen and oxygen atoms in total. The van der Waals surface area contributed by atoms with Crippen LogP contribution in [0.3, 0.4) is 0 Å². The molecule has 25 heavy (non-hydrogen) atoms. The van der Waals surface area contributed by atoms with Gasteiger partial charge in [0.25, 0.3) is 0 Å². The summed E-state index contributed by atoms with van der Waals surface area (Å²) < 4.78 is 27.2. The lowest BCUT2D eigenvalue weighted by atomic mass is 10.0. The normalized spacial score (nSPS) is 18.7. The maximum Gasteiger partial charge on any atom is 0.243 e. The minimum atomic E-state index is -3.68. The number of hydrogen-bond donors (Lipinski definition) is 1. The Labute approximate surface area is 148 Å². The fourth-order valence-corrected chi connectivity index (χ4v) is 4.72. The van der Waals surface area contributed by atoms with E-state index in [1.54, 1.807) is 30.3 Å². The third-order valence-corrected chi connectivity index (χ3v) is 6.35. The van der Waals surface area contributed by atoms with Crippen LogP contribution in [0.1, 0.15) is 24.8 Å². The van der Waals surface area contributed by atoms with E-state index in [0.717, 1.165) is 18.4 Å². The van der Waals surface area contributed by atoms with E-state index in [1.165, 1.54) is 4.31 Å². The van der Waals surface area contributed by atoms with Crippen molar-refractivity contribution in [1.29, 1.82) is 0 Å². The molecule has 1 fully saturated rings. The number of piperidine rings is 1. The number of carbonyl (C=O) groups is 1. The van der Waals surface area contributed by atoms with Crippen LogP contribution in [0.4, 0.5) is 5.69 Å². The van der Waals surface area contributed by atoms with Crippen molar-refractivity contribution in [2.75, 3.05) is 11.9 Å². The molecule has 132 valence electrons. The molecule has 1 amide bonds. The van der Waals surface area contributed by atoms with Crippen LogP contribution >= 0.6 is 0 Å². The van der Waals surface area contributed by atoms with Gasteiger partial charge in [-0.1, -0.05) is 42.3 Å². The third-order valence-electron chi connectivity index (χ3n) is 4.43. The molecule has 1 saturated heterocycles. The van der Waals surface area contributed by atoms with E-state index in [4.69, 9.17) is 0 Å². The number of benzene rings is 2. The van der Waals surface area contributed by atoms with Gasteiger partial charge >= 0.3 is 0 Å². The van der Waals surface area contributed by atoms with E-state index in [1.807, 2.05) is 31.2 Å². The Kier molecular flexibility index (Phi) is 5.20. The number of sulfonamides is 1. The summed E-state index contributed by atoms with van der Waals surface area (Å²) >= 11 is 0. The van der Waals surface area contributed by atoms with Crippen LogP contribution in [0.5, 0.6) is 0 Å². The Morgan fingerprint density at radius 3 is 2.40 bits per heavy atom. The first-order valence-corrected chi connectivity index (χ1v) is 9.87. The summed E-state index contributed by atoms with van der Waals surface area (Å²) in [6.45, 7) is 2.34. The molecule has 1 heterocycles. The fraction of sp³-hybridized carbons (Fsp3) is 0.316. The Balaban J connectivity index is 1.83. The van der Waals surface area contributed by atoms with E-state index >= 15 is 0 Å². The van der Waals surface area contributed by atoms with E-state index in [0.29, 0.717) is 18.7 Å². The zero-order chi connectivity index (χ0) is 17.9. The average Bonchev–Trinajstić information content (AvgIpc) is 2.64. The average molecular weight is 358 g/mol. The minimum Gasteiger partial charge on any atom is -0.325 e. The van der Waals surface area contributed by atoms with E-state index in [-0.39, 0.29) is 10.8 Å². The molecule has 0 aliphatic carbocycles. The highest BCUT2D eigenvalue weighted by Gasteiger charge is 2.37. The number of amides is 1. The minimum absolute atomic E-state index is 0.227. The first kappa shape index (κ1) is 17.6. The van der Waals surface area contributed by atoms with E-state index < -0.39 is 16.1 Å². The lowest BCUT2D eigenvalue weighted by Crippen LogP contribution is -2.49. The quantitative estimate of drug-likeness (QED) is 0.913. The SMILES string of the molecule is Cc1ccc(NC(=O)C2CCCCN2S(=O)(=O)c2ccccc2)cc1. The molecule has 0 radical (unpaired) electrons. The van der Waals surface area contributed by atoms with Gasteiger partial charge in [-0.3, -0.25) is 4.79 Å². The van der Waals surface area contributed by atoms with Crippen molar-refractivity contribution >= 4 is 21.6 Å². The van der Waals surface area contributed by atoms with E-state index in [9.17, 15) is 13.2 Å². The topological polar surface area (TPSA) is 66.5 Å². The summed E-state index contributed by atoms with van der Waals surface area (Å²) in [5.74, 6) is -0.275. The summed E-state index contributed by atoms with van der Waals surface area (Å²) in [5.41, 5.74) is 1.78. The van der Waals surface area contributed by atoms with Gasteiger partial charge in [-0.2, -0.15) is 4.31 Å². The molecule has 3 rings (SSSR count). The van der Waals surface area contributed by atoms with Gasteiger partial charge in [0.05, 0.1) is 4.90 Å². The van der Waals surface area contributed by atoms with Gasteiger partial charge in [0, 0.05) is 12.2 Å². The summed E-state index contributed by atoms with van der Waals surface area (Å²) in [6, 6.07) is 15.1. The summed E-state index contributed by atoms with van der Waals surface area (Å²) in [4.78, 5) is 13.0. The molecule has 1 N–H and O–H groups in total. The van der Waals surface area contributed by atoms with E-state index in [2.05, 4.69) is 5.32 Å². The maximum absolute atomic E-state index is 12.9. The first-order chi connectivity index (χ1) is 12.0. The third kappa shape index (κ3) is 3.91. The fourth-order valence-electron chi connectivity index (χ4n) is 3.05. The lowest BCUT2D eigenvalue weighted by molar-refractivity contribution is -0.120. The van der Waals surface area contributed by atoms with Gasteiger partial charge in [0.15, 0.2) is 0 Å². The highest BCUT2D eigenvalue weighted by atomic mass is 32.2. The van der Waals surface area contributed by atoms with Crippen molar-refractivity contribution in [1.82, 2.24) is 4.31 Å². The van der Waals surface area contributed by atoms with Crippen LogP contribution < -0.4 is 5.32 Å². The number of nitrogens with one attached hydrogen (secondary N) is 1. The van der Waals surface area contributed by atoms with Crippen molar-refractivity contribution in [3.05, 3.63) is 60.2 Å². The Hall–Kier alpha value is -2.18. The standard InChI is InChI=1S/C19H22N2O3S/c1-15-10-12-16(13-11-15)20-19(22)18-9-5-6-14-21(18)25(23,24)17-7-3-2-4-8-17/h2-4,7-8,10-13,18H,5-6,9,14H2,1H3,(H,20,22). The van der Waals surface area contributed by atoms with Gasteiger partial charge < -0.3 is 5.32 Å². The Morgan fingerprint density at radius 1 is 1.04 bits per heavy atom. The van der Waals surface area contributed by atoms with Crippen molar-refractivity contribution in [3.8, 4) is 0 Å². The molecule has 6 heteroatoms. The second-order valence-corrected chi connectivity index (χ2v) is 8.19. The smallest absolute Gasteiger partial charge is 0.243 e. The van der Waals surface area contributed by atoms with Crippen LogP contribution in [-0.4, -0.2) is 31.2 Å². The largest absolute Gasteiger partial charge is 0.325 e. The van der Waals surface area contributed by atoms with Gasteiger partial charge in [0.2, 0.25) is 15.9 Å². The number of rotatable bonds is 4. The predicted octanol–water partition coefficient (Wildman–Crippen LogP) is 3.18. The maximum atomic E-state index is 12.9. The zero-order valence-corrected chi connectivity index (χ0v) is 15.0. The molecule has 1 aliphatic rings. The van der Waals surface area contributed by atoms with Crippen LogP contribution in [0.25, 0.3) is 0 Å². The number of anilines is 1. The monoisotopic (exact) mass is 358 g/mol. The van der Waals surface area contributed by atoms with Crippen LogP contribution in [0, 0.1) is 6.92 Å². The Bertz CT molecular complexity index is 833. The number of nitrogens with zero attached hydrogens (tertiary/aromatic N) is 1. The van der Waals surface area contributed by atoms with Crippen LogP contribution in [-0.2, 0) is 14.8 Å². The number of hydrogen-bond acceptors (Lipinski definition) is 3. The van der Waals surface area contributed by atoms with Gasteiger partial charge in [0.1, 0.15) is 6.04 Å². The van der Waals surface area contributed by atoms with Crippen molar-refractivity contribution in [3.63, 3.8) is 0 Å². The van der Waals surface area contributed by atoms with Crippen LogP contribution in [0.15, 0.2) is 59.5 Å². The summed E-state index contributed by atoms with van der Waals surface area (Å²) in [5, 5.41) is 2.85. The molecule has 0 saturated carbocycles. The highest BCUT2D eigenvalue weighted by molar-refractivity contribution is 7.89. The number of carbonyl (C=O) groups excluding carboxylic acids is 1. The molecular weight excluding hydrogens is 336 g/mol. The molecule has 0 aromatic heterocycles. The molecule has 0 bridgehead atoms. The molecule has 1 aliphatic heterocycles. The second kappa shape index (κ2) is 7.37. The molecular formula is C19H22N2O3S. The van der Waals surface area contributed by atoms with Gasteiger partial charge in [-0.15, -0.1) is 0 Å². The van der Waals surface area contributed by atoms with Gasteiger partial charge in [-0.05, 0) is 44.0 Å². The summed E-state index contributed by atoms with van der Waals surface area (Å²) in [7, 11) is -3.68. The molecule has 0 spiro atoms. The predicted molar refractivity (Wildman–Crippen MR) is 97.8 cm³/mol. The molecule has 1 atom stereocenters. The molecule has 2 aromatic rings. The van der Waals surface area contributed by atoms with Gasteiger partial charge in [-0.25, -0.2) is 8.42 Å². The molecule has 1 unspecified atom stereocenters. The highest BCUT2D eigenvalue weighted by Crippen LogP contribution is 2.26. The summed E-state index contributed by atoms with van der Waals surface area (Å²) in [6.07, 6.45) is 2.14. The lowest BCUT2D eigenvalue weighted by Gasteiger charge is -2.33.